The molecule has 0 aliphatic rings. The molecule has 0 saturated carbocycles. The van der Waals surface area contributed by atoms with Crippen LogP contribution >= 0.6 is 15.9 Å². The topological polar surface area (TPSA) is 54.4 Å². The molecule has 0 aromatic carbocycles. The Kier molecular flexibility index (Phi) is 6.80. The first kappa shape index (κ1) is 17.5. The van der Waals surface area contributed by atoms with E-state index >= 15 is 0 Å². The average molecular weight is 313 g/mol. The first-order valence-electron chi connectivity index (χ1n) is 2.85. The van der Waals surface area contributed by atoms with E-state index in [0.717, 1.165) is 0 Å². The molecule has 0 aliphatic carbocycles. The number of rotatable bonds is 4. The summed E-state index contributed by atoms with van der Waals surface area (Å²) in [4.78, 5) is -4.48. The van der Waals surface area contributed by atoms with Crippen LogP contribution in [0.25, 0.3) is 0 Å². The molecule has 0 radical (unpaired) electrons. The second-order valence-corrected chi connectivity index (χ2v) is 4.81. The van der Waals surface area contributed by atoms with Crippen LogP contribution < -0.4 is 0 Å². The molecule has 1 N–H and O–H groups in total. The minimum atomic E-state index is -4.65. The summed E-state index contributed by atoms with van der Waals surface area (Å²) in [7, 11) is -4.65. The van der Waals surface area contributed by atoms with Crippen molar-refractivity contribution in [3.63, 3.8) is 0 Å². The molecule has 0 amide bonds. The van der Waals surface area contributed by atoms with Crippen LogP contribution in [-0.2, 0) is 10.1 Å². The average Bonchev–Trinajstić information content (AvgIpc) is 1.79. The van der Waals surface area contributed by atoms with Crippen molar-refractivity contribution >= 4 is 55.6 Å². The molecule has 0 spiro atoms. The van der Waals surface area contributed by atoms with Gasteiger partial charge in [-0.05, 0) is 15.9 Å². The summed E-state index contributed by atoms with van der Waals surface area (Å²) in [6, 6.07) is 0. The molecule has 3 nitrogen and oxygen atoms in total. The van der Waals surface area contributed by atoms with Crippen LogP contribution in [0.4, 0.5) is 17.6 Å². The van der Waals surface area contributed by atoms with Gasteiger partial charge >= 0.3 is 40.3 Å². The first-order valence-corrected chi connectivity index (χ1v) is 5.26. The Morgan fingerprint density at radius 1 is 1.21 bits per heavy atom. The maximum atomic E-state index is 12.3. The number of hydrogen-bond acceptors (Lipinski definition) is 2. The van der Waals surface area contributed by atoms with E-state index in [-0.39, 0.29) is 29.6 Å². The van der Waals surface area contributed by atoms with Crippen LogP contribution in [0.15, 0.2) is 0 Å². The summed E-state index contributed by atoms with van der Waals surface area (Å²) in [5.74, 6) is -5.93. The van der Waals surface area contributed by atoms with Crippen LogP contribution in [0.1, 0.15) is 6.42 Å². The van der Waals surface area contributed by atoms with Gasteiger partial charge in [0.1, 0.15) is 0 Å². The Morgan fingerprint density at radius 3 is 1.79 bits per heavy atom. The molecule has 0 rings (SSSR count). The zero-order valence-corrected chi connectivity index (χ0v) is 8.38. The Hall–Kier alpha value is 1.11. The van der Waals surface area contributed by atoms with Crippen LogP contribution in [0, 0.1) is 0 Å². The molecule has 0 heterocycles. The Morgan fingerprint density at radius 2 is 1.57 bits per heavy atom. The van der Waals surface area contributed by atoms with Crippen LogP contribution in [0.5, 0.6) is 0 Å². The predicted octanol–water partition coefficient (Wildman–Crippen LogP) is 1.24. The van der Waals surface area contributed by atoms with Crippen molar-refractivity contribution in [2.24, 2.45) is 0 Å². The third-order valence-electron chi connectivity index (χ3n) is 1.09. The molecule has 0 fully saturated rings. The first-order chi connectivity index (χ1) is 5.46. The molecule has 0 aromatic rings. The molecule has 0 atom stereocenters. The SMILES string of the molecule is O=S(=O)(O)CCC(F)(F)C(F)(F)Br.[NaH]. The van der Waals surface area contributed by atoms with E-state index in [1.54, 1.807) is 0 Å². The van der Waals surface area contributed by atoms with Gasteiger partial charge in [0.25, 0.3) is 10.1 Å². The van der Waals surface area contributed by atoms with Crippen molar-refractivity contribution in [1.82, 2.24) is 0 Å². The quantitative estimate of drug-likeness (QED) is 0.368. The van der Waals surface area contributed by atoms with Gasteiger partial charge in [-0.2, -0.15) is 26.0 Å². The van der Waals surface area contributed by atoms with E-state index in [2.05, 4.69) is 0 Å². The summed E-state index contributed by atoms with van der Waals surface area (Å²) in [6.45, 7) is 0. The molecule has 0 aliphatic heterocycles. The van der Waals surface area contributed by atoms with Crippen LogP contribution in [0.3, 0.4) is 0 Å². The summed E-state index contributed by atoms with van der Waals surface area (Å²) in [6.07, 6.45) is -1.65. The summed E-state index contributed by atoms with van der Waals surface area (Å²) < 4.78 is 76.5. The normalized spacial score (nSPS) is 13.6. The van der Waals surface area contributed by atoms with E-state index in [1.165, 1.54) is 15.9 Å². The van der Waals surface area contributed by atoms with Crippen molar-refractivity contribution in [2.45, 2.75) is 17.2 Å². The zero-order chi connectivity index (χ0) is 10.9. The zero-order valence-electron chi connectivity index (χ0n) is 5.98. The second-order valence-electron chi connectivity index (χ2n) is 2.24. The fourth-order valence-corrected chi connectivity index (χ4v) is 1.11. The molecule has 0 aromatic heterocycles. The van der Waals surface area contributed by atoms with Gasteiger partial charge in [-0.1, -0.05) is 0 Å². The van der Waals surface area contributed by atoms with Crippen molar-refractivity contribution < 1.29 is 30.5 Å². The van der Waals surface area contributed by atoms with Crippen molar-refractivity contribution in [3.05, 3.63) is 0 Å². The fourth-order valence-electron chi connectivity index (χ4n) is 0.399. The molecular weight excluding hydrogens is 307 g/mol. The maximum absolute atomic E-state index is 12.3. The van der Waals surface area contributed by atoms with Gasteiger partial charge in [-0.3, -0.25) is 4.55 Å². The van der Waals surface area contributed by atoms with E-state index in [1.807, 2.05) is 0 Å². The predicted molar refractivity (Wildman–Crippen MR) is 47.0 cm³/mol. The van der Waals surface area contributed by atoms with Gasteiger partial charge in [-0.15, -0.1) is 0 Å². The van der Waals surface area contributed by atoms with E-state index in [0.29, 0.717) is 0 Å². The van der Waals surface area contributed by atoms with E-state index < -0.39 is 33.0 Å². The van der Waals surface area contributed by atoms with Crippen LogP contribution in [0.2, 0.25) is 0 Å². The molecule has 0 saturated heterocycles. The summed E-state index contributed by atoms with van der Waals surface area (Å²) in [5, 5.41) is 0. The molecule has 10 heteroatoms. The van der Waals surface area contributed by atoms with Gasteiger partial charge < -0.3 is 0 Å². The van der Waals surface area contributed by atoms with Crippen molar-refractivity contribution in [1.29, 1.82) is 0 Å². The number of halogens is 5. The number of alkyl halides is 5. The van der Waals surface area contributed by atoms with Gasteiger partial charge in [0.2, 0.25) is 0 Å². The van der Waals surface area contributed by atoms with Gasteiger partial charge in [-0.25, -0.2) is 0 Å². The standard InChI is InChI=1S/C4H5BrF4O3S.Na.H/c5-4(8,9)3(6,7)1-2-13(10,11)12;;/h1-2H2,(H,10,11,12);;. The van der Waals surface area contributed by atoms with Crippen molar-refractivity contribution in [3.8, 4) is 0 Å². The fraction of sp³-hybridized carbons (Fsp3) is 1.00. The Labute approximate surface area is 108 Å². The molecule has 14 heavy (non-hydrogen) atoms. The summed E-state index contributed by atoms with van der Waals surface area (Å²) in [5.41, 5.74) is 0. The number of hydrogen-bond donors (Lipinski definition) is 1. The molecule has 0 bridgehead atoms. The third-order valence-corrected chi connectivity index (χ3v) is 2.39. The summed E-state index contributed by atoms with van der Waals surface area (Å²) >= 11 is 1.41. The van der Waals surface area contributed by atoms with Gasteiger partial charge in [0.15, 0.2) is 0 Å². The molecule has 0 unspecified atom stereocenters. The van der Waals surface area contributed by atoms with Crippen LogP contribution in [-0.4, -0.2) is 59.0 Å². The van der Waals surface area contributed by atoms with Crippen molar-refractivity contribution in [2.75, 3.05) is 5.75 Å². The Bertz CT molecular complexity index is 275. The molecular formula is C4H6BrF4NaO3S. The monoisotopic (exact) mass is 312 g/mol. The minimum absolute atomic E-state index is 0. The molecule has 82 valence electrons. The van der Waals surface area contributed by atoms with Gasteiger partial charge in [0, 0.05) is 6.42 Å². The van der Waals surface area contributed by atoms with E-state index in [4.69, 9.17) is 4.55 Å². The Balaban J connectivity index is 0. The third kappa shape index (κ3) is 6.57. The van der Waals surface area contributed by atoms with E-state index in [9.17, 15) is 26.0 Å². The van der Waals surface area contributed by atoms with Gasteiger partial charge in [0.05, 0.1) is 5.75 Å². The second kappa shape index (κ2) is 5.44.